The number of rotatable bonds is 3. The van der Waals surface area contributed by atoms with Crippen LogP contribution in [0, 0.1) is 11.9 Å². The zero-order valence-corrected chi connectivity index (χ0v) is 15.9. The molecule has 1 fully saturated rings. The summed E-state index contributed by atoms with van der Waals surface area (Å²) in [5, 5.41) is 0. The van der Waals surface area contributed by atoms with Gasteiger partial charge in [-0.25, -0.2) is 14.2 Å². The molecule has 2 aromatic rings. The second-order valence-electron chi connectivity index (χ2n) is 7.52. The van der Waals surface area contributed by atoms with Gasteiger partial charge in [-0.05, 0) is 75.1 Å². The number of benzene rings is 1. The molecule has 0 bridgehead atoms. The van der Waals surface area contributed by atoms with E-state index in [2.05, 4.69) is 11.1 Å². The van der Waals surface area contributed by atoms with Crippen LogP contribution in [0.4, 0.5) is 15.0 Å². The number of anilines is 1. The van der Waals surface area contributed by atoms with E-state index in [1.54, 1.807) is 23.2 Å². The van der Waals surface area contributed by atoms with Gasteiger partial charge in [-0.3, -0.25) is 4.90 Å². The molecule has 1 aliphatic rings. The Bertz CT molecular complexity index is 798. The average Bonchev–Trinajstić information content (AvgIpc) is 2.62. The minimum Gasteiger partial charge on any atom is -0.443 e. The highest BCUT2D eigenvalue weighted by molar-refractivity contribution is 5.88. The lowest BCUT2D eigenvalue weighted by molar-refractivity contribution is 0.0485. The summed E-state index contributed by atoms with van der Waals surface area (Å²) >= 11 is 0. The third kappa shape index (κ3) is 5.04. The van der Waals surface area contributed by atoms with Gasteiger partial charge in [-0.15, -0.1) is 0 Å². The first kappa shape index (κ1) is 19.3. The SMILES string of the molecule is CC(C)(C)OC(=O)N(c1cc(-c2[c]ccc(F)c2)ccn1)C1CCOCC1. The van der Waals surface area contributed by atoms with Crippen molar-refractivity contribution in [2.24, 2.45) is 0 Å². The largest absolute Gasteiger partial charge is 0.443 e. The van der Waals surface area contributed by atoms with E-state index in [-0.39, 0.29) is 11.9 Å². The molecule has 0 unspecified atom stereocenters. The first-order chi connectivity index (χ1) is 12.8. The van der Waals surface area contributed by atoms with Crippen LogP contribution < -0.4 is 4.90 Å². The zero-order chi connectivity index (χ0) is 19.4. The van der Waals surface area contributed by atoms with Crippen LogP contribution in [0.25, 0.3) is 11.1 Å². The number of carbonyl (C=O) groups excluding carboxylic acids is 1. The summed E-state index contributed by atoms with van der Waals surface area (Å²) in [7, 11) is 0. The molecule has 1 amide bonds. The molecule has 1 aliphatic heterocycles. The van der Waals surface area contributed by atoms with Crippen molar-refractivity contribution in [3.05, 3.63) is 48.4 Å². The number of aromatic nitrogens is 1. The molecular formula is C21H24FN2O3. The molecule has 0 saturated carbocycles. The number of halogens is 1. The van der Waals surface area contributed by atoms with Gasteiger partial charge in [0.1, 0.15) is 17.2 Å². The Morgan fingerprint density at radius 2 is 2.04 bits per heavy atom. The Kier molecular flexibility index (Phi) is 5.75. The van der Waals surface area contributed by atoms with E-state index in [0.29, 0.717) is 37.4 Å². The monoisotopic (exact) mass is 371 g/mol. The molecule has 143 valence electrons. The molecular weight excluding hydrogens is 347 g/mol. The Morgan fingerprint density at radius 1 is 1.30 bits per heavy atom. The lowest BCUT2D eigenvalue weighted by Gasteiger charge is -2.34. The first-order valence-corrected chi connectivity index (χ1v) is 9.07. The van der Waals surface area contributed by atoms with Gasteiger partial charge in [0.15, 0.2) is 0 Å². The number of carbonyl (C=O) groups is 1. The molecule has 5 nitrogen and oxygen atoms in total. The Balaban J connectivity index is 1.96. The van der Waals surface area contributed by atoms with Crippen LogP contribution in [-0.2, 0) is 9.47 Å². The van der Waals surface area contributed by atoms with E-state index < -0.39 is 11.7 Å². The molecule has 2 heterocycles. The van der Waals surface area contributed by atoms with Crippen molar-refractivity contribution in [2.75, 3.05) is 18.1 Å². The summed E-state index contributed by atoms with van der Waals surface area (Å²) in [6.07, 6.45) is 2.58. The molecule has 1 aromatic heterocycles. The van der Waals surface area contributed by atoms with Crippen LogP contribution in [0.2, 0.25) is 0 Å². The lowest BCUT2D eigenvalue weighted by Crippen LogP contribution is -2.46. The fraction of sp³-hybridized carbons (Fsp3) is 0.429. The van der Waals surface area contributed by atoms with Crippen LogP contribution in [-0.4, -0.2) is 35.9 Å². The highest BCUT2D eigenvalue weighted by atomic mass is 19.1. The molecule has 0 spiro atoms. The van der Waals surface area contributed by atoms with Crippen molar-refractivity contribution in [1.82, 2.24) is 4.98 Å². The minimum absolute atomic E-state index is 0.0622. The topological polar surface area (TPSA) is 51.7 Å². The van der Waals surface area contributed by atoms with Gasteiger partial charge in [0.2, 0.25) is 0 Å². The van der Waals surface area contributed by atoms with Crippen molar-refractivity contribution in [1.29, 1.82) is 0 Å². The molecule has 1 saturated heterocycles. The summed E-state index contributed by atoms with van der Waals surface area (Å²) in [6, 6.07) is 10.8. The number of hydrogen-bond acceptors (Lipinski definition) is 4. The molecule has 1 radical (unpaired) electrons. The molecule has 3 rings (SSSR count). The third-order valence-electron chi connectivity index (χ3n) is 4.21. The van der Waals surface area contributed by atoms with Gasteiger partial charge < -0.3 is 9.47 Å². The number of ether oxygens (including phenoxy) is 2. The van der Waals surface area contributed by atoms with Gasteiger partial charge in [0.25, 0.3) is 0 Å². The fourth-order valence-corrected chi connectivity index (χ4v) is 3.01. The second-order valence-corrected chi connectivity index (χ2v) is 7.52. The highest BCUT2D eigenvalue weighted by Gasteiger charge is 2.32. The van der Waals surface area contributed by atoms with Gasteiger partial charge in [-0.2, -0.15) is 0 Å². The van der Waals surface area contributed by atoms with Gasteiger partial charge in [-0.1, -0.05) is 6.07 Å². The van der Waals surface area contributed by atoms with Gasteiger partial charge in [0.05, 0.1) is 0 Å². The predicted octanol–water partition coefficient (Wildman–Crippen LogP) is 4.61. The van der Waals surface area contributed by atoms with Crippen LogP contribution in [0.3, 0.4) is 0 Å². The normalized spacial score (nSPS) is 15.4. The second kappa shape index (κ2) is 8.05. The number of nitrogens with zero attached hydrogens (tertiary/aromatic N) is 2. The quantitative estimate of drug-likeness (QED) is 0.791. The van der Waals surface area contributed by atoms with E-state index in [9.17, 15) is 9.18 Å². The van der Waals surface area contributed by atoms with Crippen LogP contribution >= 0.6 is 0 Å². The summed E-state index contributed by atoms with van der Waals surface area (Å²) in [6.45, 7) is 6.67. The fourth-order valence-electron chi connectivity index (χ4n) is 3.01. The number of hydrogen-bond donors (Lipinski definition) is 0. The zero-order valence-electron chi connectivity index (χ0n) is 15.9. The summed E-state index contributed by atoms with van der Waals surface area (Å²) in [5.74, 6) is 0.141. The molecule has 0 N–H and O–H groups in total. The Morgan fingerprint density at radius 3 is 2.70 bits per heavy atom. The van der Waals surface area contributed by atoms with E-state index in [1.165, 1.54) is 18.2 Å². The van der Waals surface area contributed by atoms with E-state index in [0.717, 1.165) is 5.56 Å². The predicted molar refractivity (Wildman–Crippen MR) is 101 cm³/mol. The molecule has 6 heteroatoms. The third-order valence-corrected chi connectivity index (χ3v) is 4.21. The lowest BCUT2D eigenvalue weighted by atomic mass is 10.0. The van der Waals surface area contributed by atoms with Crippen molar-refractivity contribution in [2.45, 2.75) is 45.3 Å². The maximum absolute atomic E-state index is 13.6. The number of pyridine rings is 1. The summed E-state index contributed by atoms with van der Waals surface area (Å²) in [5.41, 5.74) is 0.726. The minimum atomic E-state index is -0.617. The maximum atomic E-state index is 13.6. The van der Waals surface area contributed by atoms with Crippen molar-refractivity contribution < 1.29 is 18.7 Å². The standard InChI is InChI=1S/C21H24FN2O3/c1-21(2,3)27-20(25)24(18-8-11-26-12-9-18)19-14-16(7-10-23-19)15-5-4-6-17(22)13-15/h4,6-7,10,13-14,18H,8-9,11-12H2,1-3H3. The molecule has 0 atom stereocenters. The maximum Gasteiger partial charge on any atom is 0.416 e. The Hall–Kier alpha value is -2.47. The van der Waals surface area contributed by atoms with Gasteiger partial charge in [0, 0.05) is 25.5 Å². The van der Waals surface area contributed by atoms with Crippen LogP contribution in [0.1, 0.15) is 33.6 Å². The smallest absolute Gasteiger partial charge is 0.416 e. The average molecular weight is 371 g/mol. The first-order valence-electron chi connectivity index (χ1n) is 9.07. The molecule has 0 aliphatic carbocycles. The van der Waals surface area contributed by atoms with Gasteiger partial charge >= 0.3 is 6.09 Å². The van der Waals surface area contributed by atoms with Crippen molar-refractivity contribution in [3.63, 3.8) is 0 Å². The molecule has 1 aromatic carbocycles. The summed E-state index contributed by atoms with van der Waals surface area (Å²) < 4.78 is 24.6. The Labute approximate surface area is 159 Å². The molecule has 27 heavy (non-hydrogen) atoms. The van der Waals surface area contributed by atoms with E-state index in [4.69, 9.17) is 9.47 Å². The van der Waals surface area contributed by atoms with E-state index >= 15 is 0 Å². The van der Waals surface area contributed by atoms with E-state index in [1.807, 2.05) is 20.8 Å². The van der Waals surface area contributed by atoms with Crippen LogP contribution in [0.15, 0.2) is 36.5 Å². The highest BCUT2D eigenvalue weighted by Crippen LogP contribution is 2.28. The number of amides is 1. The van der Waals surface area contributed by atoms with Crippen LogP contribution in [0.5, 0.6) is 0 Å². The summed E-state index contributed by atoms with van der Waals surface area (Å²) in [4.78, 5) is 18.9. The van der Waals surface area contributed by atoms with Crippen molar-refractivity contribution in [3.8, 4) is 11.1 Å². The van der Waals surface area contributed by atoms with Crippen molar-refractivity contribution >= 4 is 11.9 Å².